The van der Waals surface area contributed by atoms with Gasteiger partial charge in [-0.3, -0.25) is 19.3 Å². The van der Waals surface area contributed by atoms with E-state index in [9.17, 15) is 14.4 Å². The monoisotopic (exact) mass is 397 g/mol. The van der Waals surface area contributed by atoms with Crippen LogP contribution in [0, 0.1) is 18.8 Å². The first-order valence-electron chi connectivity index (χ1n) is 9.70. The minimum absolute atomic E-state index is 0.0936. The molecule has 146 valence electrons. The van der Waals surface area contributed by atoms with Gasteiger partial charge in [0.25, 0.3) is 0 Å². The number of thiazole rings is 1. The normalized spacial score (nSPS) is 21.7. The summed E-state index contributed by atoms with van der Waals surface area (Å²) in [6.45, 7) is 2.17. The Balaban J connectivity index is 1.33. The number of benzene rings is 1. The Hall–Kier alpha value is -2.54. The molecule has 1 N–H and O–H groups in total. The van der Waals surface area contributed by atoms with Crippen molar-refractivity contribution in [3.8, 4) is 11.3 Å². The molecule has 1 saturated carbocycles. The fourth-order valence-electron chi connectivity index (χ4n) is 4.03. The molecule has 1 aliphatic carbocycles. The maximum absolute atomic E-state index is 12.5. The number of carbonyl (C=O) groups is 3. The fourth-order valence-corrected chi connectivity index (χ4v) is 4.77. The molecule has 0 bridgehead atoms. The number of imide groups is 1. The van der Waals surface area contributed by atoms with Gasteiger partial charge in [-0.1, -0.05) is 42.7 Å². The van der Waals surface area contributed by atoms with Gasteiger partial charge in [0.1, 0.15) is 0 Å². The van der Waals surface area contributed by atoms with Crippen molar-refractivity contribution in [1.29, 1.82) is 0 Å². The second-order valence-corrected chi connectivity index (χ2v) is 8.39. The predicted octanol–water partition coefficient (Wildman–Crippen LogP) is 3.62. The molecule has 1 aliphatic heterocycles. The van der Waals surface area contributed by atoms with E-state index in [1.807, 2.05) is 36.6 Å². The van der Waals surface area contributed by atoms with Crippen molar-refractivity contribution in [2.75, 3.05) is 11.9 Å². The Kier molecular flexibility index (Phi) is 5.26. The third kappa shape index (κ3) is 3.71. The van der Waals surface area contributed by atoms with Crippen molar-refractivity contribution in [3.05, 3.63) is 35.2 Å². The molecule has 28 heavy (non-hydrogen) atoms. The maximum atomic E-state index is 12.5. The Morgan fingerprint density at radius 3 is 2.43 bits per heavy atom. The summed E-state index contributed by atoms with van der Waals surface area (Å²) in [5.41, 5.74) is 2.99. The highest BCUT2D eigenvalue weighted by Crippen LogP contribution is 2.38. The first kappa shape index (κ1) is 18.8. The molecular weight excluding hydrogens is 374 g/mol. The summed E-state index contributed by atoms with van der Waals surface area (Å²) < 4.78 is 0. The zero-order valence-electron chi connectivity index (χ0n) is 15.8. The summed E-state index contributed by atoms with van der Waals surface area (Å²) in [6.07, 6.45) is 3.68. The molecule has 0 unspecified atom stereocenters. The van der Waals surface area contributed by atoms with Crippen LogP contribution in [0.5, 0.6) is 0 Å². The standard InChI is InChI=1S/C21H23N3O3S/c1-13-6-8-14(9-7-13)17-12-28-21(22-17)23-18(25)10-11-24-19(26)15-4-2-3-5-16(15)20(24)27/h6-9,12,15-16H,2-5,10-11H2,1H3,(H,22,23,25)/t15-,16-/m0/s1. The molecule has 1 aromatic carbocycles. The largest absolute Gasteiger partial charge is 0.302 e. The van der Waals surface area contributed by atoms with Crippen LogP contribution < -0.4 is 5.32 Å². The number of hydrogen-bond donors (Lipinski definition) is 1. The molecule has 2 fully saturated rings. The van der Waals surface area contributed by atoms with Gasteiger partial charge >= 0.3 is 0 Å². The van der Waals surface area contributed by atoms with Crippen LogP contribution in [0.1, 0.15) is 37.7 Å². The molecule has 2 aliphatic rings. The Bertz CT molecular complexity index is 882. The van der Waals surface area contributed by atoms with Crippen molar-refractivity contribution in [2.24, 2.45) is 11.8 Å². The molecule has 2 atom stereocenters. The molecule has 4 rings (SSSR count). The van der Waals surface area contributed by atoms with Gasteiger partial charge in [-0.15, -0.1) is 11.3 Å². The SMILES string of the molecule is Cc1ccc(-c2csc(NC(=O)CCN3C(=O)[C@H]4CCCC[C@@H]4C3=O)n2)cc1. The van der Waals surface area contributed by atoms with Gasteiger partial charge in [0.2, 0.25) is 17.7 Å². The Morgan fingerprint density at radius 1 is 1.14 bits per heavy atom. The first-order chi connectivity index (χ1) is 13.5. The van der Waals surface area contributed by atoms with Gasteiger partial charge in [0, 0.05) is 23.9 Å². The fraction of sp³-hybridized carbons (Fsp3) is 0.429. The molecule has 7 heteroatoms. The lowest BCUT2D eigenvalue weighted by atomic mass is 9.81. The zero-order chi connectivity index (χ0) is 19.7. The summed E-state index contributed by atoms with van der Waals surface area (Å²) >= 11 is 1.36. The quantitative estimate of drug-likeness (QED) is 0.782. The van der Waals surface area contributed by atoms with Crippen molar-refractivity contribution in [2.45, 2.75) is 39.0 Å². The Morgan fingerprint density at radius 2 is 1.79 bits per heavy atom. The van der Waals surface area contributed by atoms with Gasteiger partial charge in [0.15, 0.2) is 5.13 Å². The molecule has 3 amide bonds. The van der Waals surface area contributed by atoms with E-state index in [4.69, 9.17) is 0 Å². The minimum Gasteiger partial charge on any atom is -0.302 e. The second kappa shape index (κ2) is 7.83. The van der Waals surface area contributed by atoms with Crippen molar-refractivity contribution < 1.29 is 14.4 Å². The van der Waals surface area contributed by atoms with Gasteiger partial charge in [-0.2, -0.15) is 0 Å². The summed E-state index contributed by atoms with van der Waals surface area (Å²) in [5.74, 6) is -0.766. The van der Waals surface area contributed by atoms with Gasteiger partial charge in [0.05, 0.1) is 17.5 Å². The smallest absolute Gasteiger partial charge is 0.233 e. The van der Waals surface area contributed by atoms with Crippen LogP contribution in [0.4, 0.5) is 5.13 Å². The number of nitrogens with zero attached hydrogens (tertiary/aromatic N) is 2. The topological polar surface area (TPSA) is 79.4 Å². The van der Waals surface area contributed by atoms with Crippen LogP contribution in [0.3, 0.4) is 0 Å². The van der Waals surface area contributed by atoms with E-state index in [0.29, 0.717) is 5.13 Å². The average molecular weight is 398 g/mol. The number of nitrogens with one attached hydrogen (secondary N) is 1. The minimum atomic E-state index is -0.236. The number of hydrogen-bond acceptors (Lipinski definition) is 5. The third-order valence-electron chi connectivity index (χ3n) is 5.59. The van der Waals surface area contributed by atoms with Crippen molar-refractivity contribution in [1.82, 2.24) is 9.88 Å². The summed E-state index contributed by atoms with van der Waals surface area (Å²) in [5, 5.41) is 5.20. The lowest BCUT2D eigenvalue weighted by molar-refractivity contribution is -0.140. The maximum Gasteiger partial charge on any atom is 0.233 e. The number of anilines is 1. The summed E-state index contributed by atoms with van der Waals surface area (Å²) in [7, 11) is 0. The zero-order valence-corrected chi connectivity index (χ0v) is 16.6. The number of aromatic nitrogens is 1. The van der Waals surface area contributed by atoms with Crippen LogP contribution in [-0.4, -0.2) is 34.2 Å². The second-order valence-electron chi connectivity index (χ2n) is 7.53. The Labute approximate surface area is 168 Å². The molecule has 1 saturated heterocycles. The van der Waals surface area contributed by atoms with Crippen LogP contribution >= 0.6 is 11.3 Å². The summed E-state index contributed by atoms with van der Waals surface area (Å²) in [4.78, 5) is 43.0. The number of rotatable bonds is 5. The first-order valence-corrected chi connectivity index (χ1v) is 10.6. The van der Waals surface area contributed by atoms with E-state index >= 15 is 0 Å². The highest BCUT2D eigenvalue weighted by atomic mass is 32.1. The van der Waals surface area contributed by atoms with Gasteiger partial charge < -0.3 is 5.32 Å². The average Bonchev–Trinajstić information content (AvgIpc) is 3.25. The van der Waals surface area contributed by atoms with Crippen LogP contribution in [0.25, 0.3) is 11.3 Å². The van der Waals surface area contributed by atoms with Crippen LogP contribution in [-0.2, 0) is 14.4 Å². The third-order valence-corrected chi connectivity index (χ3v) is 6.35. The van der Waals surface area contributed by atoms with E-state index in [2.05, 4.69) is 10.3 Å². The van der Waals surface area contributed by atoms with Crippen LogP contribution in [0.15, 0.2) is 29.6 Å². The van der Waals surface area contributed by atoms with Crippen molar-refractivity contribution in [3.63, 3.8) is 0 Å². The lowest BCUT2D eigenvalue weighted by Gasteiger charge is -2.19. The van der Waals surface area contributed by atoms with Gasteiger partial charge in [-0.05, 0) is 19.8 Å². The van der Waals surface area contributed by atoms with E-state index in [1.165, 1.54) is 21.8 Å². The number of amides is 3. The molecule has 2 aromatic rings. The predicted molar refractivity (Wildman–Crippen MR) is 108 cm³/mol. The van der Waals surface area contributed by atoms with E-state index in [-0.39, 0.29) is 42.5 Å². The molecule has 1 aromatic heterocycles. The number of likely N-dealkylation sites (tertiary alicyclic amines) is 1. The number of carbonyl (C=O) groups excluding carboxylic acids is 3. The molecule has 0 radical (unpaired) electrons. The summed E-state index contributed by atoms with van der Waals surface area (Å²) in [6, 6.07) is 8.04. The van der Waals surface area contributed by atoms with Crippen molar-refractivity contribution >= 4 is 34.2 Å². The number of fused-ring (bicyclic) bond motifs is 1. The molecule has 2 heterocycles. The van der Waals surface area contributed by atoms with Crippen LogP contribution in [0.2, 0.25) is 0 Å². The molecular formula is C21H23N3O3S. The van der Waals surface area contributed by atoms with E-state index in [0.717, 1.165) is 36.9 Å². The molecule has 6 nitrogen and oxygen atoms in total. The number of aryl methyl sites for hydroxylation is 1. The lowest BCUT2D eigenvalue weighted by Crippen LogP contribution is -2.34. The molecule has 0 spiro atoms. The highest BCUT2D eigenvalue weighted by molar-refractivity contribution is 7.14. The highest BCUT2D eigenvalue weighted by Gasteiger charge is 2.47. The van der Waals surface area contributed by atoms with Gasteiger partial charge in [-0.25, -0.2) is 4.98 Å². The van der Waals surface area contributed by atoms with E-state index < -0.39 is 0 Å². The van der Waals surface area contributed by atoms with E-state index in [1.54, 1.807) is 0 Å².